The van der Waals surface area contributed by atoms with Crippen molar-refractivity contribution >= 4 is 6.09 Å². The van der Waals surface area contributed by atoms with Crippen LogP contribution in [0.25, 0.3) is 11.1 Å². The number of halogens is 1. The maximum Gasteiger partial charge on any atom is 0.407 e. The summed E-state index contributed by atoms with van der Waals surface area (Å²) < 4.78 is 19.3. The van der Waals surface area contributed by atoms with Gasteiger partial charge in [-0.1, -0.05) is 66.4 Å². The normalized spacial score (nSPS) is 11.5. The molecule has 5 heteroatoms. The van der Waals surface area contributed by atoms with Crippen LogP contribution >= 0.6 is 0 Å². The Hall–Kier alpha value is -4.09. The molecule has 0 spiro atoms. The van der Waals surface area contributed by atoms with E-state index in [1.165, 1.54) is 17.2 Å². The average Bonchev–Trinajstić information content (AvgIpc) is 3.11. The molecule has 1 aliphatic rings. The highest BCUT2D eigenvalue weighted by atomic mass is 19.1. The number of nitrogens with one attached hydrogen (secondary N) is 1. The molecule has 0 fully saturated rings. The lowest BCUT2D eigenvalue weighted by Crippen LogP contribution is -2.26. The first kappa shape index (κ1) is 20.2. The van der Waals surface area contributed by atoms with Crippen LogP contribution in [0.5, 0.6) is 0 Å². The van der Waals surface area contributed by atoms with Crippen LogP contribution in [-0.2, 0) is 11.2 Å². The highest BCUT2D eigenvalue weighted by Crippen LogP contribution is 2.44. The fourth-order valence-corrected chi connectivity index (χ4v) is 3.77. The molecule has 0 radical (unpaired) electrons. The second kappa shape index (κ2) is 9.15. The Bertz CT molecular complexity index is 1190. The summed E-state index contributed by atoms with van der Waals surface area (Å²) in [5, 5.41) is 11.3. The van der Waals surface area contributed by atoms with Gasteiger partial charge in [-0.25, -0.2) is 9.18 Å². The molecular formula is C26H19FN2O2. The molecule has 0 aliphatic heterocycles. The number of alkyl carbamates (subject to hydrolysis) is 1. The van der Waals surface area contributed by atoms with Gasteiger partial charge in [0.2, 0.25) is 0 Å². The zero-order valence-electron chi connectivity index (χ0n) is 16.7. The maximum absolute atomic E-state index is 13.8. The number of ether oxygens (including phenoxy) is 1. The van der Waals surface area contributed by atoms with Gasteiger partial charge in [0.1, 0.15) is 12.4 Å². The van der Waals surface area contributed by atoms with Crippen molar-refractivity contribution in [3.05, 3.63) is 94.8 Å². The first-order chi connectivity index (χ1) is 15.2. The largest absolute Gasteiger partial charge is 0.449 e. The fraction of sp³-hybridized carbons (Fsp3) is 0.154. The van der Waals surface area contributed by atoms with E-state index in [9.17, 15) is 9.18 Å². The molecule has 0 bridgehead atoms. The molecule has 1 aliphatic carbocycles. The molecule has 4 rings (SSSR count). The summed E-state index contributed by atoms with van der Waals surface area (Å²) in [4.78, 5) is 12.1. The van der Waals surface area contributed by atoms with E-state index in [1.807, 2.05) is 30.3 Å². The summed E-state index contributed by atoms with van der Waals surface area (Å²) in [7, 11) is 0. The molecule has 31 heavy (non-hydrogen) atoms. The SMILES string of the molecule is N#CCc1ccc(F)c(C#CCNC(=O)OCC2c3ccccc3-c3ccccc32)c1. The predicted octanol–water partition coefficient (Wildman–Crippen LogP) is 4.78. The van der Waals surface area contributed by atoms with E-state index >= 15 is 0 Å². The van der Waals surface area contributed by atoms with E-state index in [2.05, 4.69) is 41.4 Å². The van der Waals surface area contributed by atoms with Crippen LogP contribution in [0.4, 0.5) is 9.18 Å². The Labute approximate surface area is 180 Å². The summed E-state index contributed by atoms with van der Waals surface area (Å²) in [6.45, 7) is 0.247. The minimum absolute atomic E-state index is 0.0128. The first-order valence-electron chi connectivity index (χ1n) is 9.90. The maximum atomic E-state index is 13.8. The number of rotatable bonds is 4. The van der Waals surface area contributed by atoms with Crippen LogP contribution in [-0.4, -0.2) is 19.2 Å². The number of fused-ring (bicyclic) bond motifs is 3. The summed E-state index contributed by atoms with van der Waals surface area (Å²) in [6.07, 6.45) is -0.387. The Morgan fingerprint density at radius 1 is 1.03 bits per heavy atom. The van der Waals surface area contributed by atoms with Crippen LogP contribution in [0.1, 0.15) is 28.2 Å². The monoisotopic (exact) mass is 410 g/mol. The van der Waals surface area contributed by atoms with Crippen molar-refractivity contribution in [1.82, 2.24) is 5.32 Å². The number of carbonyl (C=O) groups excluding carboxylic acids is 1. The third-order valence-electron chi connectivity index (χ3n) is 5.20. The number of carbonyl (C=O) groups is 1. The molecule has 3 aromatic rings. The third kappa shape index (κ3) is 4.42. The van der Waals surface area contributed by atoms with E-state index in [0.717, 1.165) is 11.1 Å². The quantitative estimate of drug-likeness (QED) is 0.630. The summed E-state index contributed by atoms with van der Waals surface area (Å²) in [5.74, 6) is 4.93. The lowest BCUT2D eigenvalue weighted by Gasteiger charge is -2.14. The van der Waals surface area contributed by atoms with Crippen LogP contribution in [0.2, 0.25) is 0 Å². The van der Waals surface area contributed by atoms with E-state index in [-0.39, 0.29) is 31.1 Å². The number of hydrogen-bond donors (Lipinski definition) is 1. The molecule has 1 amide bonds. The zero-order chi connectivity index (χ0) is 21.6. The summed E-state index contributed by atoms with van der Waals surface area (Å²) in [6, 6.07) is 22.6. The highest BCUT2D eigenvalue weighted by molar-refractivity contribution is 5.79. The molecule has 0 aromatic heterocycles. The van der Waals surface area contributed by atoms with Crippen LogP contribution < -0.4 is 5.32 Å². The number of benzene rings is 3. The van der Waals surface area contributed by atoms with Crippen molar-refractivity contribution < 1.29 is 13.9 Å². The van der Waals surface area contributed by atoms with Crippen molar-refractivity contribution in [2.24, 2.45) is 0 Å². The lowest BCUT2D eigenvalue weighted by atomic mass is 9.98. The Kier molecular flexibility index (Phi) is 5.96. The van der Waals surface area contributed by atoms with E-state index in [0.29, 0.717) is 5.56 Å². The van der Waals surface area contributed by atoms with Gasteiger partial charge in [-0.15, -0.1) is 0 Å². The van der Waals surface area contributed by atoms with Crippen LogP contribution in [0.3, 0.4) is 0 Å². The molecule has 152 valence electrons. The molecule has 0 atom stereocenters. The van der Waals surface area contributed by atoms with Gasteiger partial charge in [0.25, 0.3) is 0 Å². The van der Waals surface area contributed by atoms with Crippen molar-refractivity contribution in [2.75, 3.05) is 13.2 Å². The van der Waals surface area contributed by atoms with E-state index in [1.54, 1.807) is 12.1 Å². The second-order valence-corrected chi connectivity index (χ2v) is 7.13. The smallest absolute Gasteiger partial charge is 0.407 e. The van der Waals surface area contributed by atoms with E-state index < -0.39 is 11.9 Å². The molecular weight excluding hydrogens is 391 g/mol. The summed E-state index contributed by atoms with van der Waals surface area (Å²) in [5.41, 5.74) is 5.50. The molecule has 3 aromatic carbocycles. The number of nitrogens with zero attached hydrogens (tertiary/aromatic N) is 1. The second-order valence-electron chi connectivity index (χ2n) is 7.13. The van der Waals surface area contributed by atoms with Gasteiger partial charge < -0.3 is 10.1 Å². The van der Waals surface area contributed by atoms with E-state index in [4.69, 9.17) is 10.00 Å². The average molecular weight is 410 g/mol. The van der Waals surface area contributed by atoms with Crippen molar-refractivity contribution in [2.45, 2.75) is 12.3 Å². The van der Waals surface area contributed by atoms with Crippen molar-refractivity contribution in [1.29, 1.82) is 5.26 Å². The molecule has 0 saturated carbocycles. The Morgan fingerprint density at radius 2 is 1.71 bits per heavy atom. The first-order valence-corrected chi connectivity index (χ1v) is 9.90. The van der Waals surface area contributed by atoms with Crippen LogP contribution in [0, 0.1) is 29.0 Å². The number of hydrogen-bond acceptors (Lipinski definition) is 3. The fourth-order valence-electron chi connectivity index (χ4n) is 3.77. The minimum atomic E-state index is -0.574. The Morgan fingerprint density at radius 3 is 2.39 bits per heavy atom. The lowest BCUT2D eigenvalue weighted by molar-refractivity contribution is 0.144. The molecule has 0 unspecified atom stereocenters. The van der Waals surface area contributed by atoms with Crippen molar-refractivity contribution in [3.63, 3.8) is 0 Å². The number of amides is 1. The standard InChI is InChI=1S/C26H19FN2O2/c27-25-12-11-18(13-14-28)16-19(25)6-5-15-29-26(30)31-17-24-22-9-3-1-7-20(22)21-8-2-4-10-23(21)24/h1-4,7-12,16,24H,13,15,17H2,(H,29,30). The van der Waals surface area contributed by atoms with Gasteiger partial charge >= 0.3 is 6.09 Å². The van der Waals surface area contributed by atoms with Gasteiger partial charge in [0.15, 0.2) is 0 Å². The topological polar surface area (TPSA) is 62.1 Å². The molecule has 4 nitrogen and oxygen atoms in total. The van der Waals surface area contributed by atoms with Gasteiger partial charge in [0, 0.05) is 5.92 Å². The van der Waals surface area contributed by atoms with Gasteiger partial charge in [-0.05, 0) is 39.9 Å². The Balaban J connectivity index is 1.35. The van der Waals surface area contributed by atoms with Gasteiger partial charge in [-0.2, -0.15) is 5.26 Å². The van der Waals surface area contributed by atoms with Gasteiger partial charge in [-0.3, -0.25) is 0 Å². The van der Waals surface area contributed by atoms with Gasteiger partial charge in [0.05, 0.1) is 24.6 Å². The third-order valence-corrected chi connectivity index (χ3v) is 5.20. The molecule has 1 N–H and O–H groups in total. The molecule has 0 saturated heterocycles. The van der Waals surface area contributed by atoms with Crippen molar-refractivity contribution in [3.8, 4) is 29.0 Å². The predicted molar refractivity (Wildman–Crippen MR) is 116 cm³/mol. The summed E-state index contributed by atoms with van der Waals surface area (Å²) >= 11 is 0. The number of nitriles is 1. The molecule has 0 heterocycles. The minimum Gasteiger partial charge on any atom is -0.449 e. The highest BCUT2D eigenvalue weighted by Gasteiger charge is 2.28. The zero-order valence-corrected chi connectivity index (χ0v) is 16.7. The van der Waals surface area contributed by atoms with Crippen LogP contribution in [0.15, 0.2) is 66.7 Å².